The fraction of sp³-hybridized carbons (Fsp3) is 0.346. The van der Waals surface area contributed by atoms with Crippen molar-refractivity contribution in [1.82, 2.24) is 25.5 Å². The normalized spacial score (nSPS) is 14.9. The molecule has 4 aromatic rings. The van der Waals surface area contributed by atoms with E-state index in [0.717, 1.165) is 37.3 Å². The highest BCUT2D eigenvalue weighted by atomic mass is 32.2. The van der Waals surface area contributed by atoms with Crippen molar-refractivity contribution in [3.05, 3.63) is 59.8 Å². The van der Waals surface area contributed by atoms with Crippen molar-refractivity contribution < 1.29 is 8.42 Å². The maximum Gasteiger partial charge on any atom is 0.231 e. The molecule has 188 valence electrons. The standard InChI is InChI=1S/C26H31N7O2S/c1-16(2)36(34,35)22-7-5-4-6-21(22)29-24-23-17(3)32-33-25(23)31-26(30-24)28-20-10-8-18(9-11-20)19-12-14-27-15-13-19/h4-11,16,19,27H,12-15H2,1-3H3,(H3,28,29,30,31,32,33). The molecule has 10 heteroatoms. The number of aromatic nitrogens is 4. The van der Waals surface area contributed by atoms with Gasteiger partial charge in [0.2, 0.25) is 5.95 Å². The maximum absolute atomic E-state index is 13.0. The Kier molecular flexibility index (Phi) is 6.63. The third-order valence-electron chi connectivity index (χ3n) is 6.64. The number of H-pyrrole nitrogens is 1. The zero-order valence-electron chi connectivity index (χ0n) is 20.7. The number of nitrogens with one attached hydrogen (secondary N) is 4. The lowest BCUT2D eigenvalue weighted by molar-refractivity contribution is 0.460. The fourth-order valence-corrected chi connectivity index (χ4v) is 5.75. The molecule has 1 fully saturated rings. The molecule has 0 radical (unpaired) electrons. The van der Waals surface area contributed by atoms with E-state index in [4.69, 9.17) is 4.98 Å². The minimum Gasteiger partial charge on any atom is -0.338 e. The molecule has 4 N–H and O–H groups in total. The molecule has 1 saturated heterocycles. The molecule has 0 spiro atoms. The van der Waals surface area contributed by atoms with Crippen molar-refractivity contribution in [1.29, 1.82) is 0 Å². The van der Waals surface area contributed by atoms with E-state index in [9.17, 15) is 8.42 Å². The lowest BCUT2D eigenvalue weighted by atomic mass is 9.90. The van der Waals surface area contributed by atoms with Gasteiger partial charge in [0.1, 0.15) is 5.82 Å². The Morgan fingerprint density at radius 2 is 1.69 bits per heavy atom. The number of sulfone groups is 1. The summed E-state index contributed by atoms with van der Waals surface area (Å²) in [5, 5.41) is 17.3. The van der Waals surface area contributed by atoms with Gasteiger partial charge in [0.05, 0.1) is 26.9 Å². The molecule has 0 amide bonds. The molecule has 36 heavy (non-hydrogen) atoms. The van der Waals surface area contributed by atoms with Crippen LogP contribution >= 0.6 is 0 Å². The SMILES string of the molecule is Cc1n[nH]c2nc(Nc3ccc(C4CCNCC4)cc3)nc(Nc3ccccc3S(=O)(=O)C(C)C)c12. The maximum atomic E-state index is 13.0. The molecule has 0 saturated carbocycles. The lowest BCUT2D eigenvalue weighted by Gasteiger charge is -2.23. The van der Waals surface area contributed by atoms with E-state index in [1.807, 2.05) is 19.1 Å². The first-order chi connectivity index (χ1) is 17.3. The molecule has 1 aliphatic rings. The van der Waals surface area contributed by atoms with Crippen LogP contribution in [-0.2, 0) is 9.84 Å². The number of hydrogen-bond acceptors (Lipinski definition) is 8. The van der Waals surface area contributed by atoms with Crippen molar-refractivity contribution in [3.8, 4) is 0 Å². The number of aryl methyl sites for hydroxylation is 1. The minimum absolute atomic E-state index is 0.232. The van der Waals surface area contributed by atoms with E-state index in [1.54, 1.807) is 38.1 Å². The second-order valence-corrected chi connectivity index (χ2v) is 11.9. The first-order valence-corrected chi connectivity index (χ1v) is 13.8. The summed E-state index contributed by atoms with van der Waals surface area (Å²) in [4.78, 5) is 9.54. The molecule has 0 bridgehead atoms. The van der Waals surface area contributed by atoms with Gasteiger partial charge in [0.15, 0.2) is 15.5 Å². The van der Waals surface area contributed by atoms with Crippen molar-refractivity contribution in [2.75, 3.05) is 23.7 Å². The smallest absolute Gasteiger partial charge is 0.231 e. The van der Waals surface area contributed by atoms with Gasteiger partial charge in [-0.05, 0) is 82.4 Å². The Labute approximate surface area is 211 Å². The molecule has 0 unspecified atom stereocenters. The van der Waals surface area contributed by atoms with E-state index in [2.05, 4.69) is 43.3 Å². The van der Waals surface area contributed by atoms with Gasteiger partial charge in [-0.2, -0.15) is 15.1 Å². The predicted molar refractivity (Wildman–Crippen MR) is 143 cm³/mol. The van der Waals surface area contributed by atoms with Crippen molar-refractivity contribution in [2.24, 2.45) is 0 Å². The summed E-state index contributed by atoms with van der Waals surface area (Å²) in [5.74, 6) is 1.44. The third kappa shape index (κ3) is 4.78. The van der Waals surface area contributed by atoms with Gasteiger partial charge in [-0.3, -0.25) is 5.10 Å². The van der Waals surface area contributed by atoms with Gasteiger partial charge in [-0.15, -0.1) is 0 Å². The highest BCUT2D eigenvalue weighted by molar-refractivity contribution is 7.92. The number of para-hydroxylation sites is 1. The zero-order valence-corrected chi connectivity index (χ0v) is 21.5. The fourth-order valence-electron chi connectivity index (χ4n) is 4.55. The molecule has 3 heterocycles. The van der Waals surface area contributed by atoms with E-state index in [0.29, 0.717) is 34.4 Å². The first-order valence-electron chi connectivity index (χ1n) is 12.2. The second kappa shape index (κ2) is 9.87. The number of benzene rings is 2. The van der Waals surface area contributed by atoms with Crippen LogP contribution < -0.4 is 16.0 Å². The van der Waals surface area contributed by atoms with Crippen LogP contribution in [0.3, 0.4) is 0 Å². The predicted octanol–water partition coefficient (Wildman–Crippen LogP) is 4.80. The second-order valence-electron chi connectivity index (χ2n) is 9.41. The molecule has 0 atom stereocenters. The average molecular weight is 506 g/mol. The Morgan fingerprint density at radius 3 is 2.42 bits per heavy atom. The number of piperidine rings is 1. The summed E-state index contributed by atoms with van der Waals surface area (Å²) in [6.45, 7) is 7.32. The summed E-state index contributed by atoms with van der Waals surface area (Å²) < 4.78 is 25.9. The summed E-state index contributed by atoms with van der Waals surface area (Å²) in [5.41, 5.74) is 3.95. The van der Waals surface area contributed by atoms with Crippen LogP contribution in [0.15, 0.2) is 53.4 Å². The van der Waals surface area contributed by atoms with Gasteiger partial charge < -0.3 is 16.0 Å². The molecule has 2 aromatic carbocycles. The molecular weight excluding hydrogens is 474 g/mol. The average Bonchev–Trinajstić information content (AvgIpc) is 3.26. The lowest BCUT2D eigenvalue weighted by Crippen LogP contribution is -2.26. The van der Waals surface area contributed by atoms with Gasteiger partial charge in [-0.1, -0.05) is 24.3 Å². The van der Waals surface area contributed by atoms with Crippen molar-refractivity contribution in [2.45, 2.75) is 49.7 Å². The van der Waals surface area contributed by atoms with Crippen LogP contribution in [0.25, 0.3) is 11.0 Å². The number of rotatable bonds is 7. The highest BCUT2D eigenvalue weighted by Gasteiger charge is 2.24. The Balaban J connectivity index is 1.47. The van der Waals surface area contributed by atoms with Crippen LogP contribution in [0.4, 0.5) is 23.1 Å². The van der Waals surface area contributed by atoms with Gasteiger partial charge in [0.25, 0.3) is 0 Å². The van der Waals surface area contributed by atoms with Crippen molar-refractivity contribution >= 4 is 44.0 Å². The molecule has 9 nitrogen and oxygen atoms in total. The quantitative estimate of drug-likeness (QED) is 0.282. The number of anilines is 4. The summed E-state index contributed by atoms with van der Waals surface area (Å²) >= 11 is 0. The van der Waals surface area contributed by atoms with Crippen molar-refractivity contribution in [3.63, 3.8) is 0 Å². The number of nitrogens with zero attached hydrogens (tertiary/aromatic N) is 3. The minimum atomic E-state index is -3.50. The topological polar surface area (TPSA) is 125 Å². The van der Waals surface area contributed by atoms with Crippen LogP contribution in [0.5, 0.6) is 0 Å². The van der Waals surface area contributed by atoms with E-state index in [-0.39, 0.29) is 4.90 Å². The monoisotopic (exact) mass is 505 g/mol. The molecule has 1 aliphatic heterocycles. The van der Waals surface area contributed by atoms with Crippen LogP contribution in [0.1, 0.15) is 43.9 Å². The van der Waals surface area contributed by atoms with Gasteiger partial charge >= 0.3 is 0 Å². The summed E-state index contributed by atoms with van der Waals surface area (Å²) in [6.07, 6.45) is 2.30. The molecule has 2 aromatic heterocycles. The summed E-state index contributed by atoms with van der Waals surface area (Å²) in [6, 6.07) is 15.3. The van der Waals surface area contributed by atoms with Crippen LogP contribution in [-0.4, -0.2) is 46.9 Å². The molecule has 0 aliphatic carbocycles. The highest BCUT2D eigenvalue weighted by Crippen LogP contribution is 2.32. The summed E-state index contributed by atoms with van der Waals surface area (Å²) in [7, 11) is -3.50. The van der Waals surface area contributed by atoms with Crippen LogP contribution in [0.2, 0.25) is 0 Å². The first kappa shape index (κ1) is 24.2. The number of fused-ring (bicyclic) bond motifs is 1. The zero-order chi connectivity index (χ0) is 25.3. The van der Waals surface area contributed by atoms with Gasteiger partial charge in [-0.25, -0.2) is 8.42 Å². The number of aromatic amines is 1. The Bertz CT molecular complexity index is 1470. The Hall–Kier alpha value is -3.50. The largest absolute Gasteiger partial charge is 0.338 e. The van der Waals surface area contributed by atoms with E-state index in [1.165, 1.54) is 5.56 Å². The van der Waals surface area contributed by atoms with Gasteiger partial charge in [0, 0.05) is 5.69 Å². The third-order valence-corrected chi connectivity index (χ3v) is 8.86. The molecule has 5 rings (SSSR count). The van der Waals surface area contributed by atoms with E-state index < -0.39 is 15.1 Å². The van der Waals surface area contributed by atoms with E-state index >= 15 is 0 Å². The number of hydrogen-bond donors (Lipinski definition) is 4. The van der Waals surface area contributed by atoms with Crippen LogP contribution in [0, 0.1) is 6.92 Å². The Morgan fingerprint density at radius 1 is 0.972 bits per heavy atom. The molecular formula is C26H31N7O2S.